The van der Waals surface area contributed by atoms with Crippen LogP contribution >= 0.6 is 0 Å². The van der Waals surface area contributed by atoms with Crippen molar-refractivity contribution in [3.05, 3.63) is 48.4 Å². The second-order valence-corrected chi connectivity index (χ2v) is 4.53. The van der Waals surface area contributed by atoms with Crippen molar-refractivity contribution in [1.82, 2.24) is 4.57 Å². The van der Waals surface area contributed by atoms with Gasteiger partial charge in [0.2, 0.25) is 11.8 Å². The Labute approximate surface area is 124 Å². The molecule has 0 aliphatic heterocycles. The minimum Gasteiger partial charge on any atom is -0.493 e. The highest BCUT2D eigenvalue weighted by Crippen LogP contribution is 2.38. The molecule has 2 heterocycles. The molecule has 7 nitrogen and oxygen atoms in total. The van der Waals surface area contributed by atoms with E-state index in [0.29, 0.717) is 10.9 Å². The van der Waals surface area contributed by atoms with Crippen LogP contribution in [0.15, 0.2) is 57.3 Å². The molecule has 1 N–H and O–H groups in total. The molecule has 22 heavy (non-hydrogen) atoms. The van der Waals surface area contributed by atoms with Gasteiger partial charge in [-0.25, -0.2) is 4.57 Å². The van der Waals surface area contributed by atoms with Crippen molar-refractivity contribution in [2.24, 2.45) is 10.2 Å². The van der Waals surface area contributed by atoms with Gasteiger partial charge in [0.25, 0.3) is 0 Å². The van der Waals surface area contributed by atoms with Crippen molar-refractivity contribution in [3.63, 3.8) is 0 Å². The van der Waals surface area contributed by atoms with Crippen molar-refractivity contribution in [2.45, 2.75) is 6.92 Å². The van der Waals surface area contributed by atoms with Gasteiger partial charge in [-0.2, -0.15) is 0 Å². The number of benzene rings is 1. The van der Waals surface area contributed by atoms with Crippen LogP contribution in [0.25, 0.3) is 10.9 Å². The maximum Gasteiger partial charge on any atom is 0.331 e. The van der Waals surface area contributed by atoms with Gasteiger partial charge in [0.1, 0.15) is 0 Å². The molecular formula is C15H11N3O4. The summed E-state index contributed by atoms with van der Waals surface area (Å²) in [6.45, 7) is 1.32. The Bertz CT molecular complexity index is 891. The normalized spacial score (nSPS) is 11.3. The number of carbonyl (C=O) groups excluding carboxylic acids is 2. The molecule has 0 saturated carbocycles. The van der Waals surface area contributed by atoms with Gasteiger partial charge in [0.15, 0.2) is 11.4 Å². The lowest BCUT2D eigenvalue weighted by molar-refractivity contribution is 0.0932. The van der Waals surface area contributed by atoms with Gasteiger partial charge in [-0.15, -0.1) is 10.2 Å². The summed E-state index contributed by atoms with van der Waals surface area (Å²) in [6, 6.07) is 9.84. The van der Waals surface area contributed by atoms with E-state index in [9.17, 15) is 14.7 Å². The number of azo groups is 1. The Hall–Kier alpha value is -3.22. The molecule has 3 rings (SSSR count). The Balaban J connectivity index is 2.09. The van der Waals surface area contributed by atoms with Crippen LogP contribution in [0, 0.1) is 0 Å². The number of hydrogen-bond donors (Lipinski definition) is 1. The number of nitrogens with zero attached hydrogens (tertiary/aromatic N) is 3. The molecule has 0 aliphatic carbocycles. The Morgan fingerprint density at radius 1 is 1.18 bits per heavy atom. The number of rotatable bonds is 2. The standard InChI is InChI=1S/C15H11N3O4/c1-9(19)18-11-6-3-2-5-10(11)13(15(18)21)16-17-14(20)12-7-4-8-22-12/h2-8,21H,1H3. The van der Waals surface area contributed by atoms with E-state index in [2.05, 4.69) is 10.2 Å². The fourth-order valence-corrected chi connectivity index (χ4v) is 2.17. The predicted molar refractivity (Wildman–Crippen MR) is 77.5 cm³/mol. The van der Waals surface area contributed by atoms with E-state index in [1.807, 2.05) is 0 Å². The van der Waals surface area contributed by atoms with Gasteiger partial charge in [-0.05, 0) is 18.2 Å². The van der Waals surface area contributed by atoms with Gasteiger partial charge in [0.05, 0.1) is 11.8 Å². The van der Waals surface area contributed by atoms with E-state index in [1.165, 1.54) is 19.3 Å². The third kappa shape index (κ3) is 2.18. The number of furan rings is 1. The quantitative estimate of drug-likeness (QED) is 0.732. The summed E-state index contributed by atoms with van der Waals surface area (Å²) in [7, 11) is 0. The topological polar surface area (TPSA) is 97.2 Å². The first kappa shape index (κ1) is 13.7. The van der Waals surface area contributed by atoms with Crippen molar-refractivity contribution >= 4 is 28.4 Å². The zero-order valence-electron chi connectivity index (χ0n) is 11.6. The Kier molecular flexibility index (Phi) is 3.30. The average Bonchev–Trinajstić information content (AvgIpc) is 3.11. The third-order valence-corrected chi connectivity index (χ3v) is 3.11. The summed E-state index contributed by atoms with van der Waals surface area (Å²) in [5.74, 6) is -1.36. The van der Waals surface area contributed by atoms with Gasteiger partial charge in [-0.1, -0.05) is 18.2 Å². The predicted octanol–water partition coefficient (Wildman–Crippen LogP) is 3.52. The zero-order valence-corrected chi connectivity index (χ0v) is 11.6. The lowest BCUT2D eigenvalue weighted by Gasteiger charge is -1.99. The highest BCUT2D eigenvalue weighted by molar-refractivity contribution is 6.02. The molecule has 0 unspecified atom stereocenters. The maximum absolute atomic E-state index is 11.8. The molecule has 0 bridgehead atoms. The smallest absolute Gasteiger partial charge is 0.331 e. The van der Waals surface area contributed by atoms with Gasteiger partial charge in [-0.3, -0.25) is 9.59 Å². The number of amides is 1. The monoisotopic (exact) mass is 297 g/mol. The molecule has 1 aromatic carbocycles. The number of hydrogen-bond acceptors (Lipinski definition) is 5. The van der Waals surface area contributed by atoms with Crippen LogP contribution in [-0.4, -0.2) is 21.5 Å². The zero-order chi connectivity index (χ0) is 15.7. The Morgan fingerprint density at radius 2 is 1.95 bits per heavy atom. The molecule has 2 aromatic heterocycles. The molecular weight excluding hydrogens is 286 g/mol. The highest BCUT2D eigenvalue weighted by Gasteiger charge is 2.19. The molecule has 1 amide bonds. The second-order valence-electron chi connectivity index (χ2n) is 4.53. The van der Waals surface area contributed by atoms with Crippen LogP contribution in [0.5, 0.6) is 5.88 Å². The molecule has 7 heteroatoms. The van der Waals surface area contributed by atoms with Crippen LogP contribution in [0.2, 0.25) is 0 Å². The first-order chi connectivity index (χ1) is 10.6. The van der Waals surface area contributed by atoms with E-state index in [4.69, 9.17) is 4.42 Å². The fraction of sp³-hybridized carbons (Fsp3) is 0.0667. The summed E-state index contributed by atoms with van der Waals surface area (Å²) in [6.07, 6.45) is 1.35. The van der Waals surface area contributed by atoms with E-state index in [0.717, 1.165) is 4.57 Å². The summed E-state index contributed by atoms with van der Waals surface area (Å²) in [4.78, 5) is 23.4. The van der Waals surface area contributed by atoms with Crippen LogP contribution in [0.1, 0.15) is 22.3 Å². The van der Waals surface area contributed by atoms with Crippen LogP contribution in [0.4, 0.5) is 5.69 Å². The van der Waals surface area contributed by atoms with Crippen molar-refractivity contribution in [1.29, 1.82) is 0 Å². The van der Waals surface area contributed by atoms with Gasteiger partial charge in [0, 0.05) is 12.3 Å². The van der Waals surface area contributed by atoms with Crippen LogP contribution < -0.4 is 0 Å². The molecule has 3 aromatic rings. The minimum atomic E-state index is -0.677. The van der Waals surface area contributed by atoms with Gasteiger partial charge < -0.3 is 9.52 Å². The van der Waals surface area contributed by atoms with Crippen molar-refractivity contribution in [3.8, 4) is 5.88 Å². The molecule has 0 saturated heterocycles. The van der Waals surface area contributed by atoms with Crippen LogP contribution in [-0.2, 0) is 0 Å². The largest absolute Gasteiger partial charge is 0.493 e. The summed E-state index contributed by atoms with van der Waals surface area (Å²) in [5, 5.41) is 18.0. The minimum absolute atomic E-state index is 0.0403. The molecule has 0 aliphatic rings. The van der Waals surface area contributed by atoms with Crippen molar-refractivity contribution < 1.29 is 19.1 Å². The highest BCUT2D eigenvalue weighted by atomic mass is 16.3. The number of carbonyl (C=O) groups is 2. The first-order valence-corrected chi connectivity index (χ1v) is 6.42. The Morgan fingerprint density at radius 3 is 2.64 bits per heavy atom. The second kappa shape index (κ2) is 5.28. The maximum atomic E-state index is 11.8. The van der Waals surface area contributed by atoms with E-state index < -0.39 is 5.91 Å². The molecule has 0 spiro atoms. The van der Waals surface area contributed by atoms with Crippen LogP contribution in [0.3, 0.4) is 0 Å². The van der Waals surface area contributed by atoms with Crippen molar-refractivity contribution in [2.75, 3.05) is 0 Å². The SMILES string of the molecule is CC(=O)n1c(O)c(N=NC(=O)c2ccco2)c2ccccc21. The third-order valence-electron chi connectivity index (χ3n) is 3.11. The summed E-state index contributed by atoms with van der Waals surface area (Å²) >= 11 is 0. The average molecular weight is 297 g/mol. The molecule has 0 radical (unpaired) electrons. The molecule has 110 valence electrons. The molecule has 0 atom stereocenters. The number of fused-ring (bicyclic) bond motifs is 1. The number of aromatic hydroxyl groups is 1. The van der Waals surface area contributed by atoms with E-state index in [-0.39, 0.29) is 23.2 Å². The van der Waals surface area contributed by atoms with Gasteiger partial charge >= 0.3 is 5.91 Å². The summed E-state index contributed by atoms with van der Waals surface area (Å²) < 4.78 is 6.03. The number of aromatic nitrogens is 1. The lowest BCUT2D eigenvalue weighted by atomic mass is 10.2. The lowest BCUT2D eigenvalue weighted by Crippen LogP contribution is -2.03. The van der Waals surface area contributed by atoms with E-state index in [1.54, 1.807) is 30.3 Å². The molecule has 0 fully saturated rings. The first-order valence-electron chi connectivity index (χ1n) is 6.42. The number of para-hydroxylation sites is 1. The summed E-state index contributed by atoms with van der Waals surface area (Å²) in [5.41, 5.74) is 0.553. The fourth-order valence-electron chi connectivity index (χ4n) is 2.17. The van der Waals surface area contributed by atoms with E-state index >= 15 is 0 Å².